The lowest BCUT2D eigenvalue weighted by Gasteiger charge is -2.13. The Balaban J connectivity index is 2.93. The van der Waals surface area contributed by atoms with Crippen LogP contribution in [0.4, 0.5) is 0 Å². The third-order valence-electron chi connectivity index (χ3n) is 3.20. The predicted molar refractivity (Wildman–Crippen MR) is 75.0 cm³/mol. The van der Waals surface area contributed by atoms with Crippen LogP contribution in [-0.2, 0) is 0 Å². The van der Waals surface area contributed by atoms with Crippen LogP contribution in [0.1, 0.15) is 31.8 Å². The molecule has 5 heteroatoms. The summed E-state index contributed by atoms with van der Waals surface area (Å²) in [5.74, 6) is -1.99. The van der Waals surface area contributed by atoms with E-state index in [9.17, 15) is 14.7 Å². The van der Waals surface area contributed by atoms with Crippen molar-refractivity contribution in [2.75, 3.05) is 0 Å². The third kappa shape index (κ3) is 2.10. The van der Waals surface area contributed by atoms with E-state index in [0.29, 0.717) is 21.0 Å². The van der Waals surface area contributed by atoms with Gasteiger partial charge in [-0.3, -0.25) is 0 Å². The third-order valence-corrected chi connectivity index (χ3v) is 4.22. The van der Waals surface area contributed by atoms with Gasteiger partial charge in [-0.1, -0.05) is 6.07 Å². The molecule has 0 aromatic heterocycles. The van der Waals surface area contributed by atoms with Crippen LogP contribution in [0.2, 0.25) is 0 Å². The maximum atomic E-state index is 11.3. The summed E-state index contributed by atoms with van der Waals surface area (Å²) in [6, 6.07) is 4.67. The predicted octanol–water partition coefficient (Wildman–Crippen LogP) is 3.62. The Kier molecular flexibility index (Phi) is 3.32. The van der Waals surface area contributed by atoms with E-state index in [0.717, 1.165) is 5.39 Å². The molecule has 0 saturated heterocycles. The number of hydrogen-bond acceptors (Lipinski definition) is 2. The zero-order valence-electron chi connectivity index (χ0n) is 10.3. The normalized spacial score (nSPS) is 10.7. The number of halogens is 1. The lowest BCUT2D eigenvalue weighted by molar-refractivity contribution is 0.0685. The van der Waals surface area contributed by atoms with Crippen molar-refractivity contribution in [2.24, 2.45) is 0 Å². The van der Waals surface area contributed by atoms with E-state index in [1.165, 1.54) is 6.07 Å². The number of benzene rings is 2. The van der Waals surface area contributed by atoms with Crippen LogP contribution in [0, 0.1) is 13.8 Å². The molecule has 2 rings (SSSR count). The molecule has 0 amide bonds. The molecular weight excluding hydrogens is 312 g/mol. The first-order valence-electron chi connectivity index (χ1n) is 5.53. The van der Waals surface area contributed by atoms with Gasteiger partial charge >= 0.3 is 11.9 Å². The van der Waals surface area contributed by atoms with Crippen LogP contribution < -0.4 is 0 Å². The highest BCUT2D eigenvalue weighted by Crippen LogP contribution is 2.34. The molecule has 98 valence electrons. The fourth-order valence-electron chi connectivity index (χ4n) is 2.23. The Hall–Kier alpha value is -1.88. The number of carboxylic acid groups (broad SMARTS) is 2. The maximum absolute atomic E-state index is 11.3. The number of hydrogen-bond donors (Lipinski definition) is 2. The van der Waals surface area contributed by atoms with Gasteiger partial charge in [-0.05, 0) is 63.8 Å². The maximum Gasteiger partial charge on any atom is 0.336 e. The Labute approximate surface area is 117 Å². The second-order valence-corrected chi connectivity index (χ2v) is 5.10. The minimum absolute atomic E-state index is 0.176. The quantitative estimate of drug-likeness (QED) is 0.885. The highest BCUT2D eigenvalue weighted by molar-refractivity contribution is 9.10. The Morgan fingerprint density at radius 2 is 1.63 bits per heavy atom. The second-order valence-electron chi connectivity index (χ2n) is 4.31. The Morgan fingerprint density at radius 1 is 1.00 bits per heavy atom. The lowest BCUT2D eigenvalue weighted by atomic mass is 9.94. The van der Waals surface area contributed by atoms with Gasteiger partial charge in [-0.15, -0.1) is 0 Å². The topological polar surface area (TPSA) is 74.6 Å². The highest BCUT2D eigenvalue weighted by Gasteiger charge is 2.18. The molecule has 0 bridgehead atoms. The first-order chi connectivity index (χ1) is 8.84. The Morgan fingerprint density at radius 3 is 2.16 bits per heavy atom. The van der Waals surface area contributed by atoms with E-state index in [1.807, 2.05) is 0 Å². The van der Waals surface area contributed by atoms with E-state index < -0.39 is 11.9 Å². The van der Waals surface area contributed by atoms with E-state index in [2.05, 4.69) is 15.9 Å². The van der Waals surface area contributed by atoms with Crippen molar-refractivity contribution >= 4 is 38.6 Å². The molecule has 19 heavy (non-hydrogen) atoms. The molecule has 0 spiro atoms. The molecule has 0 unspecified atom stereocenters. The number of aryl methyl sites for hydroxylation is 1. The van der Waals surface area contributed by atoms with Crippen LogP contribution in [0.3, 0.4) is 0 Å². The summed E-state index contributed by atoms with van der Waals surface area (Å²) in [4.78, 5) is 22.3. The van der Waals surface area contributed by atoms with Crippen molar-refractivity contribution in [1.82, 2.24) is 0 Å². The van der Waals surface area contributed by atoms with Crippen LogP contribution in [0.5, 0.6) is 0 Å². The molecule has 2 aromatic rings. The van der Waals surface area contributed by atoms with Gasteiger partial charge in [0.2, 0.25) is 0 Å². The number of fused-ring (bicyclic) bond motifs is 1. The largest absolute Gasteiger partial charge is 0.478 e. The summed E-state index contributed by atoms with van der Waals surface area (Å²) >= 11 is 3.36. The molecule has 2 aromatic carbocycles. The molecule has 0 fully saturated rings. The van der Waals surface area contributed by atoms with Crippen molar-refractivity contribution in [3.05, 3.63) is 44.9 Å². The summed E-state index contributed by atoms with van der Waals surface area (Å²) < 4.78 is 0.619. The van der Waals surface area contributed by atoms with E-state index in [1.54, 1.807) is 26.0 Å². The van der Waals surface area contributed by atoms with Gasteiger partial charge in [0.1, 0.15) is 0 Å². The fraction of sp³-hybridized carbons (Fsp3) is 0.143. The number of rotatable bonds is 2. The summed E-state index contributed by atoms with van der Waals surface area (Å²) in [7, 11) is 0. The monoisotopic (exact) mass is 322 g/mol. The van der Waals surface area contributed by atoms with Crippen LogP contribution in [0.25, 0.3) is 10.8 Å². The van der Waals surface area contributed by atoms with Gasteiger partial charge < -0.3 is 10.2 Å². The van der Waals surface area contributed by atoms with Gasteiger partial charge in [0.25, 0.3) is 0 Å². The SMILES string of the molecule is Cc1c(C(=O)O)c(C)c2ccc(C(=O)O)cc2c1Br. The van der Waals surface area contributed by atoms with Crippen molar-refractivity contribution < 1.29 is 19.8 Å². The van der Waals surface area contributed by atoms with Crippen LogP contribution in [0.15, 0.2) is 22.7 Å². The van der Waals surface area contributed by atoms with Gasteiger partial charge in [0.05, 0.1) is 11.1 Å². The number of aromatic carboxylic acids is 2. The molecular formula is C14H11BrO4. The molecule has 0 aliphatic rings. The molecule has 4 nitrogen and oxygen atoms in total. The van der Waals surface area contributed by atoms with E-state index in [4.69, 9.17) is 5.11 Å². The van der Waals surface area contributed by atoms with Crippen molar-refractivity contribution in [2.45, 2.75) is 13.8 Å². The number of carboxylic acids is 2. The minimum Gasteiger partial charge on any atom is -0.478 e. The van der Waals surface area contributed by atoms with Crippen LogP contribution >= 0.6 is 15.9 Å². The molecule has 0 atom stereocenters. The zero-order valence-corrected chi connectivity index (χ0v) is 11.9. The van der Waals surface area contributed by atoms with Gasteiger partial charge in [0, 0.05) is 4.47 Å². The fourth-order valence-corrected chi connectivity index (χ4v) is 2.76. The smallest absolute Gasteiger partial charge is 0.336 e. The first-order valence-corrected chi connectivity index (χ1v) is 6.33. The van der Waals surface area contributed by atoms with Crippen molar-refractivity contribution in [3.63, 3.8) is 0 Å². The summed E-state index contributed by atoms with van der Waals surface area (Å²) in [6.07, 6.45) is 0. The molecule has 0 aliphatic heterocycles. The molecule has 0 aliphatic carbocycles. The zero-order chi connectivity index (χ0) is 14.3. The van der Waals surface area contributed by atoms with Gasteiger partial charge in [-0.25, -0.2) is 9.59 Å². The number of carbonyl (C=O) groups is 2. The standard InChI is InChI=1S/C14H11BrO4/c1-6-9-4-3-8(13(16)17)5-10(9)12(15)7(2)11(6)14(18)19/h3-5H,1-2H3,(H,16,17)(H,18,19). The minimum atomic E-state index is -1.01. The molecule has 0 saturated carbocycles. The summed E-state index contributed by atoms with van der Waals surface area (Å²) in [5.41, 5.74) is 1.66. The average molecular weight is 323 g/mol. The van der Waals surface area contributed by atoms with E-state index >= 15 is 0 Å². The van der Waals surface area contributed by atoms with E-state index in [-0.39, 0.29) is 11.1 Å². The Bertz CT molecular complexity index is 719. The van der Waals surface area contributed by atoms with Gasteiger partial charge in [0.15, 0.2) is 0 Å². The van der Waals surface area contributed by atoms with Crippen molar-refractivity contribution in [1.29, 1.82) is 0 Å². The van der Waals surface area contributed by atoms with Crippen LogP contribution in [-0.4, -0.2) is 22.2 Å². The second kappa shape index (κ2) is 4.66. The molecule has 0 radical (unpaired) electrons. The molecule has 2 N–H and O–H groups in total. The first kappa shape index (κ1) is 13.5. The molecule has 0 heterocycles. The lowest BCUT2D eigenvalue weighted by Crippen LogP contribution is -2.05. The summed E-state index contributed by atoms with van der Waals surface area (Å²) in [5, 5.41) is 19.7. The van der Waals surface area contributed by atoms with Crippen molar-refractivity contribution in [3.8, 4) is 0 Å². The van der Waals surface area contributed by atoms with Gasteiger partial charge in [-0.2, -0.15) is 0 Å². The highest BCUT2D eigenvalue weighted by atomic mass is 79.9. The summed E-state index contributed by atoms with van der Waals surface area (Å²) in [6.45, 7) is 3.43. The average Bonchev–Trinajstić information content (AvgIpc) is 2.35.